The molecule has 2 aromatic carbocycles. The van der Waals surface area contributed by atoms with E-state index in [9.17, 15) is 9.18 Å². The molecule has 3 rings (SSSR count). The molecule has 1 heterocycles. The maximum absolute atomic E-state index is 14.0. The van der Waals surface area contributed by atoms with E-state index in [1.165, 1.54) is 17.0 Å². The Balaban J connectivity index is 2.37. The summed E-state index contributed by atoms with van der Waals surface area (Å²) in [6.07, 6.45) is 1.32. The number of benzene rings is 2. The Hall–Kier alpha value is -2.69. The third-order valence-electron chi connectivity index (χ3n) is 2.92. The van der Waals surface area contributed by atoms with E-state index in [1.54, 1.807) is 36.4 Å². The molecule has 0 saturated carbocycles. The zero-order valence-electron chi connectivity index (χ0n) is 9.88. The van der Waals surface area contributed by atoms with Crippen LogP contribution in [0.2, 0.25) is 0 Å². The number of hydrogen-bond donors (Lipinski definition) is 1. The number of anilines is 1. The van der Waals surface area contributed by atoms with Crippen LogP contribution >= 0.6 is 0 Å². The van der Waals surface area contributed by atoms with Crippen LogP contribution in [0.25, 0.3) is 16.6 Å². The van der Waals surface area contributed by atoms with E-state index in [-0.39, 0.29) is 5.56 Å². The predicted molar refractivity (Wildman–Crippen MR) is 71.7 cm³/mol. The largest absolute Gasteiger partial charge is 0.399 e. The summed E-state index contributed by atoms with van der Waals surface area (Å²) in [6, 6.07) is 11.3. The van der Waals surface area contributed by atoms with Gasteiger partial charge in [-0.3, -0.25) is 9.36 Å². The molecule has 0 aliphatic rings. The molecule has 0 unspecified atom stereocenters. The maximum Gasteiger partial charge on any atom is 0.280 e. The van der Waals surface area contributed by atoms with Gasteiger partial charge in [0.25, 0.3) is 5.56 Å². The molecule has 0 atom stereocenters. The van der Waals surface area contributed by atoms with E-state index in [1.807, 2.05) is 0 Å². The van der Waals surface area contributed by atoms with E-state index in [0.29, 0.717) is 22.3 Å². The lowest BCUT2D eigenvalue weighted by Crippen LogP contribution is -2.12. The highest BCUT2D eigenvalue weighted by atomic mass is 19.1. The van der Waals surface area contributed by atoms with Gasteiger partial charge in [-0.25, -0.2) is 4.39 Å². The monoisotopic (exact) mass is 255 g/mol. The first kappa shape index (κ1) is 11.4. The van der Waals surface area contributed by atoms with Crippen LogP contribution in [0.5, 0.6) is 0 Å². The van der Waals surface area contributed by atoms with Gasteiger partial charge in [0.05, 0.1) is 16.6 Å². The predicted octanol–water partition coefficient (Wildman–Crippen LogP) is 2.11. The smallest absolute Gasteiger partial charge is 0.280 e. The number of fused-ring (bicyclic) bond motifs is 1. The van der Waals surface area contributed by atoms with Crippen molar-refractivity contribution in [2.75, 3.05) is 5.73 Å². The minimum atomic E-state index is -0.462. The van der Waals surface area contributed by atoms with Crippen molar-refractivity contribution < 1.29 is 4.39 Å². The summed E-state index contributed by atoms with van der Waals surface area (Å²) >= 11 is 0. The fourth-order valence-corrected chi connectivity index (χ4v) is 2.02. The molecule has 3 aromatic rings. The van der Waals surface area contributed by atoms with Crippen LogP contribution in [0.15, 0.2) is 53.6 Å². The Morgan fingerprint density at radius 1 is 1.16 bits per heavy atom. The lowest BCUT2D eigenvalue weighted by molar-refractivity contribution is 0.619. The summed E-state index contributed by atoms with van der Waals surface area (Å²) in [4.78, 5) is 15.4. The summed E-state index contributed by atoms with van der Waals surface area (Å²) < 4.78 is 15.5. The molecule has 19 heavy (non-hydrogen) atoms. The van der Waals surface area contributed by atoms with Crippen molar-refractivity contribution in [2.24, 2.45) is 0 Å². The minimum Gasteiger partial charge on any atom is -0.399 e. The second-order valence-corrected chi connectivity index (χ2v) is 4.15. The zero-order valence-corrected chi connectivity index (χ0v) is 9.88. The molecule has 0 fully saturated rings. The van der Waals surface area contributed by atoms with Gasteiger partial charge in [0.15, 0.2) is 0 Å². The first-order chi connectivity index (χ1) is 9.16. The van der Waals surface area contributed by atoms with Gasteiger partial charge in [-0.1, -0.05) is 12.1 Å². The molecule has 1 aromatic heterocycles. The van der Waals surface area contributed by atoms with Gasteiger partial charge in [-0.15, -0.1) is 0 Å². The molecule has 0 aliphatic heterocycles. The fourth-order valence-electron chi connectivity index (χ4n) is 2.02. The van der Waals surface area contributed by atoms with Crippen molar-refractivity contribution in [1.82, 2.24) is 9.55 Å². The maximum atomic E-state index is 14.0. The normalized spacial score (nSPS) is 10.8. The van der Waals surface area contributed by atoms with Gasteiger partial charge in [0.2, 0.25) is 0 Å². The molecule has 4 nitrogen and oxygen atoms in total. The van der Waals surface area contributed by atoms with E-state index >= 15 is 0 Å². The lowest BCUT2D eigenvalue weighted by Gasteiger charge is -2.11. The Kier molecular flexibility index (Phi) is 2.52. The number of halogens is 1. The highest BCUT2D eigenvalue weighted by Gasteiger charge is 2.09. The molecule has 94 valence electrons. The van der Waals surface area contributed by atoms with Crippen LogP contribution < -0.4 is 11.3 Å². The van der Waals surface area contributed by atoms with Gasteiger partial charge in [-0.2, -0.15) is 4.98 Å². The standard InChI is InChI=1S/C14H10FN3O/c15-11-7-9(16)5-6-13(11)18-8-17-14(19)10-3-1-2-4-12(10)18/h1-8H,16H2. The summed E-state index contributed by atoms with van der Waals surface area (Å²) in [5.41, 5.74) is 6.45. The third kappa shape index (κ3) is 1.85. The zero-order chi connectivity index (χ0) is 13.4. The van der Waals surface area contributed by atoms with Gasteiger partial charge in [0.1, 0.15) is 12.1 Å². The first-order valence-corrected chi connectivity index (χ1v) is 5.68. The first-order valence-electron chi connectivity index (χ1n) is 5.68. The number of para-hydroxylation sites is 1. The SMILES string of the molecule is Nc1ccc(-n2cnc(=O)c3ccccc32)c(F)c1. The summed E-state index contributed by atoms with van der Waals surface area (Å²) in [7, 11) is 0. The molecule has 5 heteroatoms. The average molecular weight is 255 g/mol. The third-order valence-corrected chi connectivity index (χ3v) is 2.92. The number of hydrogen-bond acceptors (Lipinski definition) is 3. The topological polar surface area (TPSA) is 60.9 Å². The molecule has 0 amide bonds. The van der Waals surface area contributed by atoms with Crippen LogP contribution in [0, 0.1) is 5.82 Å². The minimum absolute atomic E-state index is 0.304. The fraction of sp³-hybridized carbons (Fsp3) is 0. The highest BCUT2D eigenvalue weighted by Crippen LogP contribution is 2.19. The Labute approximate surface area is 107 Å². The molecule has 0 radical (unpaired) electrons. The van der Waals surface area contributed by atoms with Crippen LogP contribution in [0.1, 0.15) is 0 Å². The Bertz CT molecular complexity index is 826. The van der Waals surface area contributed by atoms with Crippen molar-refractivity contribution in [3.8, 4) is 5.69 Å². The van der Waals surface area contributed by atoms with Crippen molar-refractivity contribution in [2.45, 2.75) is 0 Å². The summed E-state index contributed by atoms with van der Waals surface area (Å²) in [6.45, 7) is 0. The summed E-state index contributed by atoms with van der Waals surface area (Å²) in [5.74, 6) is -0.462. The molecule has 2 N–H and O–H groups in total. The molecular formula is C14H10FN3O. The van der Waals surface area contributed by atoms with E-state index in [4.69, 9.17) is 5.73 Å². The van der Waals surface area contributed by atoms with E-state index in [2.05, 4.69) is 4.98 Å². The average Bonchev–Trinajstić information content (AvgIpc) is 2.41. The van der Waals surface area contributed by atoms with Crippen molar-refractivity contribution in [3.63, 3.8) is 0 Å². The van der Waals surface area contributed by atoms with Crippen LogP contribution in [-0.2, 0) is 0 Å². The van der Waals surface area contributed by atoms with Crippen LogP contribution in [-0.4, -0.2) is 9.55 Å². The number of nitrogens with zero attached hydrogens (tertiary/aromatic N) is 2. The van der Waals surface area contributed by atoms with Crippen LogP contribution in [0.3, 0.4) is 0 Å². The van der Waals surface area contributed by atoms with Gasteiger partial charge in [0, 0.05) is 5.69 Å². The highest BCUT2D eigenvalue weighted by molar-refractivity contribution is 5.79. The number of nitrogen functional groups attached to an aromatic ring is 1. The van der Waals surface area contributed by atoms with Crippen molar-refractivity contribution in [3.05, 3.63) is 65.0 Å². The number of rotatable bonds is 1. The van der Waals surface area contributed by atoms with Gasteiger partial charge in [-0.05, 0) is 30.3 Å². The Morgan fingerprint density at radius 3 is 2.74 bits per heavy atom. The second kappa shape index (κ2) is 4.20. The van der Waals surface area contributed by atoms with Crippen molar-refractivity contribution in [1.29, 1.82) is 0 Å². The number of aromatic nitrogens is 2. The number of nitrogens with two attached hydrogens (primary N) is 1. The molecule has 0 aliphatic carbocycles. The van der Waals surface area contributed by atoms with Crippen LogP contribution in [0.4, 0.5) is 10.1 Å². The molecular weight excluding hydrogens is 245 g/mol. The van der Waals surface area contributed by atoms with Crippen molar-refractivity contribution >= 4 is 16.6 Å². The van der Waals surface area contributed by atoms with E-state index < -0.39 is 5.82 Å². The molecule has 0 spiro atoms. The van der Waals surface area contributed by atoms with E-state index in [0.717, 1.165) is 0 Å². The van der Waals surface area contributed by atoms with Gasteiger partial charge < -0.3 is 5.73 Å². The molecule has 0 saturated heterocycles. The Morgan fingerprint density at radius 2 is 1.95 bits per heavy atom. The van der Waals surface area contributed by atoms with Gasteiger partial charge >= 0.3 is 0 Å². The lowest BCUT2D eigenvalue weighted by atomic mass is 10.2. The summed E-state index contributed by atoms with van der Waals surface area (Å²) in [5, 5.41) is 0.446. The molecule has 0 bridgehead atoms. The second-order valence-electron chi connectivity index (χ2n) is 4.15. The quantitative estimate of drug-likeness (QED) is 0.677.